The summed E-state index contributed by atoms with van der Waals surface area (Å²) in [5.41, 5.74) is 1.77. The fourth-order valence-corrected chi connectivity index (χ4v) is 4.54. The number of ether oxygens (including phenoxy) is 2. The Morgan fingerprint density at radius 1 is 1.22 bits per heavy atom. The van der Waals surface area contributed by atoms with Gasteiger partial charge in [-0.25, -0.2) is 9.97 Å². The summed E-state index contributed by atoms with van der Waals surface area (Å²) in [6.45, 7) is 3.13. The highest BCUT2D eigenvalue weighted by Gasteiger charge is 2.22. The number of carbonyl (C=O) groups is 1. The van der Waals surface area contributed by atoms with Gasteiger partial charge in [0.05, 0.1) is 23.2 Å². The van der Waals surface area contributed by atoms with E-state index < -0.39 is 0 Å². The molecule has 2 aromatic heterocycles. The Kier molecular flexibility index (Phi) is 6.92. The summed E-state index contributed by atoms with van der Waals surface area (Å²) in [6.07, 6.45) is 6.12. The number of thiazole rings is 1. The summed E-state index contributed by atoms with van der Waals surface area (Å²) in [5.74, 6) is 1.09. The number of aromatic nitrogens is 3. The van der Waals surface area contributed by atoms with E-state index in [9.17, 15) is 4.79 Å². The standard InChI is InChI=1S/C23H23ClN4O3S/c1-16-4-6-17(7-5-16)31-14-20(29)28(12-3-11-27-13-10-25-15-27)23-26-21-19(30-2)9-8-18(24)22(21)32-23/h4-10,13,15H,3,11-12,14H2,1-2H3. The number of aryl methyl sites for hydroxylation is 2. The first kappa shape index (κ1) is 22.1. The lowest BCUT2D eigenvalue weighted by molar-refractivity contribution is -0.120. The largest absolute Gasteiger partial charge is 0.494 e. The molecule has 0 unspecified atom stereocenters. The van der Waals surface area contributed by atoms with Crippen molar-refractivity contribution in [1.29, 1.82) is 0 Å². The van der Waals surface area contributed by atoms with E-state index in [1.807, 2.05) is 42.0 Å². The molecule has 0 bridgehead atoms. The summed E-state index contributed by atoms with van der Waals surface area (Å²) in [5, 5.41) is 1.14. The van der Waals surface area contributed by atoms with E-state index in [1.54, 1.807) is 36.7 Å². The van der Waals surface area contributed by atoms with Crippen molar-refractivity contribution < 1.29 is 14.3 Å². The minimum Gasteiger partial charge on any atom is -0.494 e. The molecule has 0 N–H and O–H groups in total. The maximum absolute atomic E-state index is 13.2. The van der Waals surface area contributed by atoms with Crippen molar-refractivity contribution in [1.82, 2.24) is 14.5 Å². The summed E-state index contributed by atoms with van der Waals surface area (Å²) in [4.78, 5) is 23.6. The molecule has 7 nitrogen and oxygen atoms in total. The molecule has 2 aromatic carbocycles. The maximum atomic E-state index is 13.2. The number of halogens is 1. The number of amides is 1. The van der Waals surface area contributed by atoms with E-state index in [4.69, 9.17) is 21.1 Å². The second kappa shape index (κ2) is 10.0. The Morgan fingerprint density at radius 2 is 2.03 bits per heavy atom. The molecule has 4 rings (SSSR count). The molecular weight excluding hydrogens is 448 g/mol. The van der Waals surface area contributed by atoms with E-state index in [2.05, 4.69) is 9.97 Å². The van der Waals surface area contributed by atoms with E-state index in [1.165, 1.54) is 11.3 Å². The molecule has 0 aliphatic heterocycles. The highest BCUT2D eigenvalue weighted by Crippen LogP contribution is 2.38. The lowest BCUT2D eigenvalue weighted by Gasteiger charge is -2.20. The predicted octanol–water partition coefficient (Wildman–Crippen LogP) is 4.97. The molecule has 0 saturated carbocycles. The molecule has 0 aliphatic rings. The fraction of sp³-hybridized carbons (Fsp3) is 0.261. The van der Waals surface area contributed by atoms with Gasteiger partial charge in [-0.3, -0.25) is 9.69 Å². The van der Waals surface area contributed by atoms with Gasteiger partial charge in [0.25, 0.3) is 5.91 Å². The highest BCUT2D eigenvalue weighted by atomic mass is 35.5. The third-order valence-electron chi connectivity index (χ3n) is 4.94. The van der Waals surface area contributed by atoms with Crippen LogP contribution in [0, 0.1) is 6.92 Å². The molecule has 0 fully saturated rings. The van der Waals surface area contributed by atoms with Crippen molar-refractivity contribution in [2.24, 2.45) is 0 Å². The van der Waals surface area contributed by atoms with Gasteiger partial charge in [-0.2, -0.15) is 0 Å². The number of anilines is 1. The van der Waals surface area contributed by atoms with E-state index >= 15 is 0 Å². The number of methoxy groups -OCH3 is 1. The van der Waals surface area contributed by atoms with Crippen molar-refractivity contribution in [3.05, 3.63) is 65.7 Å². The summed E-state index contributed by atoms with van der Waals surface area (Å²) in [6, 6.07) is 11.2. The third-order valence-corrected chi connectivity index (χ3v) is 6.48. The Balaban J connectivity index is 1.56. The summed E-state index contributed by atoms with van der Waals surface area (Å²) < 4.78 is 13.9. The third kappa shape index (κ3) is 5.03. The molecule has 2 heterocycles. The van der Waals surface area contributed by atoms with Crippen LogP contribution in [0.2, 0.25) is 5.02 Å². The number of nitrogens with zero attached hydrogens (tertiary/aromatic N) is 4. The van der Waals surface area contributed by atoms with E-state index in [-0.39, 0.29) is 12.5 Å². The number of fused-ring (bicyclic) bond motifs is 1. The molecule has 1 amide bonds. The van der Waals surface area contributed by atoms with Gasteiger partial charge in [0.2, 0.25) is 0 Å². The number of carbonyl (C=O) groups excluding carboxylic acids is 1. The number of benzene rings is 2. The highest BCUT2D eigenvalue weighted by molar-refractivity contribution is 7.23. The van der Waals surface area contributed by atoms with Crippen LogP contribution in [0.5, 0.6) is 11.5 Å². The van der Waals surface area contributed by atoms with Gasteiger partial charge in [-0.05, 0) is 37.6 Å². The molecule has 0 atom stereocenters. The van der Waals surface area contributed by atoms with Crippen LogP contribution in [0.4, 0.5) is 5.13 Å². The SMILES string of the molecule is COc1ccc(Cl)c2sc(N(CCCn3ccnc3)C(=O)COc3ccc(C)cc3)nc12. The molecule has 4 aromatic rings. The minimum atomic E-state index is -0.176. The first-order chi connectivity index (χ1) is 15.5. The van der Waals surface area contributed by atoms with Crippen molar-refractivity contribution in [2.45, 2.75) is 19.9 Å². The Morgan fingerprint density at radius 3 is 2.75 bits per heavy atom. The van der Waals surface area contributed by atoms with E-state index in [0.717, 1.165) is 23.2 Å². The van der Waals surface area contributed by atoms with Crippen LogP contribution < -0.4 is 14.4 Å². The van der Waals surface area contributed by atoms with Gasteiger partial charge in [0, 0.05) is 25.5 Å². The molecular formula is C23H23ClN4O3S. The fourth-order valence-electron chi connectivity index (χ4n) is 3.24. The average molecular weight is 471 g/mol. The van der Waals surface area contributed by atoms with Crippen LogP contribution in [-0.2, 0) is 11.3 Å². The smallest absolute Gasteiger partial charge is 0.266 e. The second-order valence-electron chi connectivity index (χ2n) is 7.22. The quantitative estimate of drug-likeness (QED) is 0.345. The minimum absolute atomic E-state index is 0.0884. The van der Waals surface area contributed by atoms with Gasteiger partial charge in [-0.1, -0.05) is 40.6 Å². The van der Waals surface area contributed by atoms with Crippen molar-refractivity contribution >= 4 is 44.2 Å². The molecule has 0 aliphatic carbocycles. The Hall–Kier alpha value is -3.10. The molecule has 32 heavy (non-hydrogen) atoms. The van der Waals surface area contributed by atoms with Gasteiger partial charge in [0.15, 0.2) is 11.7 Å². The Bertz CT molecular complexity index is 1190. The summed E-state index contributed by atoms with van der Waals surface area (Å²) >= 11 is 7.75. The topological polar surface area (TPSA) is 69.5 Å². The van der Waals surface area contributed by atoms with Gasteiger partial charge < -0.3 is 14.0 Å². The van der Waals surface area contributed by atoms with Crippen molar-refractivity contribution in [3.8, 4) is 11.5 Å². The first-order valence-electron chi connectivity index (χ1n) is 10.1. The van der Waals surface area contributed by atoms with Gasteiger partial charge in [0.1, 0.15) is 17.0 Å². The molecule has 0 radical (unpaired) electrons. The van der Waals surface area contributed by atoms with Crippen LogP contribution >= 0.6 is 22.9 Å². The van der Waals surface area contributed by atoms with Crippen LogP contribution in [-0.4, -0.2) is 40.7 Å². The predicted molar refractivity (Wildman–Crippen MR) is 127 cm³/mol. The maximum Gasteiger partial charge on any atom is 0.266 e. The molecule has 0 spiro atoms. The van der Waals surface area contributed by atoms with Crippen molar-refractivity contribution in [3.63, 3.8) is 0 Å². The number of hydrogen-bond acceptors (Lipinski definition) is 6. The number of imidazole rings is 1. The second-order valence-corrected chi connectivity index (χ2v) is 8.61. The first-order valence-corrected chi connectivity index (χ1v) is 11.3. The Labute approximate surface area is 195 Å². The van der Waals surface area contributed by atoms with Gasteiger partial charge in [-0.15, -0.1) is 0 Å². The number of rotatable bonds is 9. The van der Waals surface area contributed by atoms with Gasteiger partial charge >= 0.3 is 0 Å². The van der Waals surface area contributed by atoms with Crippen LogP contribution in [0.15, 0.2) is 55.1 Å². The number of hydrogen-bond donors (Lipinski definition) is 0. The summed E-state index contributed by atoms with van der Waals surface area (Å²) in [7, 11) is 1.59. The lowest BCUT2D eigenvalue weighted by Crippen LogP contribution is -2.36. The van der Waals surface area contributed by atoms with Crippen LogP contribution in [0.1, 0.15) is 12.0 Å². The molecule has 0 saturated heterocycles. The zero-order valence-corrected chi connectivity index (χ0v) is 19.4. The average Bonchev–Trinajstić information content (AvgIpc) is 3.47. The van der Waals surface area contributed by atoms with Crippen molar-refractivity contribution in [2.75, 3.05) is 25.2 Å². The zero-order valence-electron chi connectivity index (χ0n) is 17.8. The van der Waals surface area contributed by atoms with Crippen LogP contribution in [0.25, 0.3) is 10.2 Å². The van der Waals surface area contributed by atoms with E-state index in [0.29, 0.717) is 33.7 Å². The molecule has 9 heteroatoms. The normalized spacial score (nSPS) is 11.0. The van der Waals surface area contributed by atoms with Crippen LogP contribution in [0.3, 0.4) is 0 Å². The lowest BCUT2D eigenvalue weighted by atomic mass is 10.2. The zero-order chi connectivity index (χ0) is 22.5. The monoisotopic (exact) mass is 470 g/mol. The molecule has 166 valence electrons.